The van der Waals surface area contributed by atoms with Gasteiger partial charge in [-0.2, -0.15) is 4.99 Å². The third-order valence-corrected chi connectivity index (χ3v) is 6.32. The van der Waals surface area contributed by atoms with Crippen molar-refractivity contribution in [2.24, 2.45) is 23.9 Å². The lowest BCUT2D eigenvalue weighted by Crippen LogP contribution is -2.43. The van der Waals surface area contributed by atoms with E-state index in [1.807, 2.05) is 48.0 Å². The van der Waals surface area contributed by atoms with Gasteiger partial charge in [-0.05, 0) is 31.9 Å². The zero-order chi connectivity index (χ0) is 18.4. The number of likely N-dealkylation sites (tertiary alicyclic amines) is 1. The fourth-order valence-corrected chi connectivity index (χ4v) is 4.72. The normalized spacial score (nSPS) is 24.4. The predicted molar refractivity (Wildman–Crippen MR) is 98.0 cm³/mol. The number of nitrogens with zero attached hydrogens (tertiary/aromatic N) is 3. The van der Waals surface area contributed by atoms with Crippen molar-refractivity contribution in [2.45, 2.75) is 25.8 Å². The van der Waals surface area contributed by atoms with E-state index >= 15 is 0 Å². The van der Waals surface area contributed by atoms with Crippen molar-refractivity contribution in [1.82, 2.24) is 9.47 Å². The maximum absolute atomic E-state index is 12.7. The van der Waals surface area contributed by atoms with Crippen LogP contribution in [-0.2, 0) is 21.4 Å². The predicted octanol–water partition coefficient (Wildman–Crippen LogP) is 2.01. The van der Waals surface area contributed by atoms with Gasteiger partial charge in [-0.15, -0.1) is 0 Å². The average molecular weight is 369 g/mol. The smallest absolute Gasteiger partial charge is 0.271 e. The minimum Gasteiger partial charge on any atom is -0.319 e. The topological polar surface area (TPSA) is 71.7 Å². The summed E-state index contributed by atoms with van der Waals surface area (Å²) < 4.78 is 2.88. The molecule has 1 aliphatic carbocycles. The fraction of sp³-hybridized carbons (Fsp3) is 0.368. The number of aryl methyl sites for hydroxylation is 1. The number of thiazole rings is 1. The summed E-state index contributed by atoms with van der Waals surface area (Å²) in [7, 11) is 1.85. The molecule has 26 heavy (non-hydrogen) atoms. The largest absolute Gasteiger partial charge is 0.319 e. The number of para-hydroxylation sites is 1. The molecule has 3 amide bonds. The molecule has 0 spiro atoms. The number of imide groups is 1. The van der Waals surface area contributed by atoms with Crippen LogP contribution < -0.4 is 4.80 Å². The van der Waals surface area contributed by atoms with Crippen LogP contribution in [0.15, 0.2) is 41.4 Å². The zero-order valence-electron chi connectivity index (χ0n) is 14.6. The van der Waals surface area contributed by atoms with Crippen LogP contribution in [0.2, 0.25) is 0 Å². The summed E-state index contributed by atoms with van der Waals surface area (Å²) in [5.41, 5.74) is 0.988. The van der Waals surface area contributed by atoms with Crippen molar-refractivity contribution in [2.75, 3.05) is 0 Å². The van der Waals surface area contributed by atoms with Crippen LogP contribution in [-0.4, -0.2) is 33.2 Å². The molecule has 7 heteroatoms. The van der Waals surface area contributed by atoms with Crippen LogP contribution in [0.1, 0.15) is 19.8 Å². The Bertz CT molecular complexity index is 990. The van der Waals surface area contributed by atoms with Gasteiger partial charge in [-0.3, -0.25) is 19.3 Å². The highest BCUT2D eigenvalue weighted by Gasteiger charge is 2.50. The molecule has 134 valence electrons. The van der Waals surface area contributed by atoms with E-state index in [1.165, 1.54) is 11.3 Å². The highest BCUT2D eigenvalue weighted by atomic mass is 32.1. The van der Waals surface area contributed by atoms with Crippen molar-refractivity contribution in [3.05, 3.63) is 41.2 Å². The van der Waals surface area contributed by atoms with Gasteiger partial charge in [0.15, 0.2) is 4.80 Å². The SMILES string of the molecule is C[C@@H](C(=O)N=c1sc2ccccc2n1C)N1C(=O)[C@H]2CC=CC[C@@H]2C1=O. The minimum atomic E-state index is -0.884. The molecule has 0 bridgehead atoms. The summed E-state index contributed by atoms with van der Waals surface area (Å²) in [6.07, 6.45) is 5.00. The Balaban J connectivity index is 1.65. The fourth-order valence-electron chi connectivity index (χ4n) is 3.69. The quantitative estimate of drug-likeness (QED) is 0.600. The van der Waals surface area contributed by atoms with Gasteiger partial charge in [-0.25, -0.2) is 0 Å². The van der Waals surface area contributed by atoms with E-state index in [0.29, 0.717) is 17.6 Å². The lowest BCUT2D eigenvalue weighted by molar-refractivity contribution is -0.146. The van der Waals surface area contributed by atoms with Crippen LogP contribution in [0.25, 0.3) is 10.2 Å². The second kappa shape index (κ2) is 6.32. The molecule has 1 saturated heterocycles. The summed E-state index contributed by atoms with van der Waals surface area (Å²) in [6, 6.07) is 6.92. The number of carbonyl (C=O) groups excluding carboxylic acids is 3. The van der Waals surface area contributed by atoms with E-state index < -0.39 is 11.9 Å². The van der Waals surface area contributed by atoms with Gasteiger partial charge < -0.3 is 4.57 Å². The van der Waals surface area contributed by atoms with E-state index in [0.717, 1.165) is 15.1 Å². The van der Waals surface area contributed by atoms with Gasteiger partial charge in [0.05, 0.1) is 22.1 Å². The maximum Gasteiger partial charge on any atom is 0.271 e. The van der Waals surface area contributed by atoms with Gasteiger partial charge in [0.25, 0.3) is 5.91 Å². The molecule has 4 rings (SSSR count). The average Bonchev–Trinajstić information content (AvgIpc) is 3.10. The first-order valence-corrected chi connectivity index (χ1v) is 9.45. The molecule has 0 saturated carbocycles. The summed E-state index contributed by atoms with van der Waals surface area (Å²) in [6.45, 7) is 1.58. The first kappa shape index (κ1) is 16.9. The zero-order valence-corrected chi connectivity index (χ0v) is 15.4. The lowest BCUT2D eigenvalue weighted by Gasteiger charge is -2.19. The Morgan fingerprint density at radius 2 is 1.77 bits per heavy atom. The highest BCUT2D eigenvalue weighted by Crippen LogP contribution is 2.36. The number of hydrogen-bond acceptors (Lipinski definition) is 4. The number of benzene rings is 1. The molecule has 1 aromatic carbocycles. The molecule has 0 N–H and O–H groups in total. The van der Waals surface area contributed by atoms with Crippen molar-refractivity contribution in [3.8, 4) is 0 Å². The second-order valence-electron chi connectivity index (χ2n) is 6.74. The van der Waals surface area contributed by atoms with Gasteiger partial charge in [0.1, 0.15) is 6.04 Å². The molecule has 1 fully saturated rings. The van der Waals surface area contributed by atoms with Gasteiger partial charge >= 0.3 is 0 Å². The van der Waals surface area contributed by atoms with Crippen molar-refractivity contribution >= 4 is 39.3 Å². The molecule has 1 aliphatic heterocycles. The standard InChI is InChI=1S/C19H19N3O3S/c1-11(22-17(24)12-7-3-4-8-13(12)18(22)25)16(23)20-19-21(2)14-9-5-6-10-15(14)26-19/h3-6,9-13H,7-8H2,1-2H3/t11-,12-,13-/m0/s1. The molecule has 0 unspecified atom stereocenters. The van der Waals surface area contributed by atoms with Crippen molar-refractivity contribution in [3.63, 3.8) is 0 Å². The number of rotatable bonds is 2. The molecule has 2 heterocycles. The number of aromatic nitrogens is 1. The summed E-state index contributed by atoms with van der Waals surface area (Å²) in [4.78, 5) is 43.8. The first-order chi connectivity index (χ1) is 12.5. The molecule has 1 aromatic heterocycles. The Morgan fingerprint density at radius 1 is 1.15 bits per heavy atom. The Labute approximate surface area is 154 Å². The number of allylic oxidation sites excluding steroid dienone is 2. The van der Waals surface area contributed by atoms with E-state index in [4.69, 9.17) is 0 Å². The van der Waals surface area contributed by atoms with E-state index in [9.17, 15) is 14.4 Å². The minimum absolute atomic E-state index is 0.249. The number of hydrogen-bond donors (Lipinski definition) is 0. The Hall–Kier alpha value is -2.54. The molecule has 3 atom stereocenters. The Kier molecular flexibility index (Phi) is 4.11. The van der Waals surface area contributed by atoms with Crippen LogP contribution >= 0.6 is 11.3 Å². The molecule has 0 radical (unpaired) electrons. The summed E-state index contributed by atoms with van der Waals surface area (Å²) in [5, 5.41) is 0. The molecule has 2 aromatic rings. The second-order valence-corrected chi connectivity index (χ2v) is 7.75. The maximum atomic E-state index is 12.7. The van der Waals surface area contributed by atoms with Crippen LogP contribution in [0, 0.1) is 11.8 Å². The first-order valence-electron chi connectivity index (χ1n) is 8.64. The summed E-state index contributed by atoms with van der Waals surface area (Å²) >= 11 is 1.41. The molecule has 2 aliphatic rings. The van der Waals surface area contributed by atoms with E-state index in [1.54, 1.807) is 6.92 Å². The Morgan fingerprint density at radius 3 is 2.38 bits per heavy atom. The van der Waals surface area contributed by atoms with Gasteiger partial charge in [0, 0.05) is 7.05 Å². The number of carbonyl (C=O) groups is 3. The van der Waals surface area contributed by atoms with Crippen LogP contribution in [0.5, 0.6) is 0 Å². The number of amides is 3. The van der Waals surface area contributed by atoms with Crippen molar-refractivity contribution in [1.29, 1.82) is 0 Å². The third kappa shape index (κ3) is 2.54. The molecular formula is C19H19N3O3S. The highest BCUT2D eigenvalue weighted by molar-refractivity contribution is 7.16. The van der Waals surface area contributed by atoms with E-state index in [2.05, 4.69) is 4.99 Å². The molecule has 6 nitrogen and oxygen atoms in total. The van der Waals surface area contributed by atoms with E-state index in [-0.39, 0.29) is 23.7 Å². The van der Waals surface area contributed by atoms with Crippen LogP contribution in [0.4, 0.5) is 0 Å². The monoisotopic (exact) mass is 369 g/mol. The van der Waals surface area contributed by atoms with Gasteiger partial charge in [-0.1, -0.05) is 35.6 Å². The summed E-state index contributed by atoms with van der Waals surface area (Å²) in [5.74, 6) is -1.63. The van der Waals surface area contributed by atoms with Crippen molar-refractivity contribution < 1.29 is 14.4 Å². The van der Waals surface area contributed by atoms with Gasteiger partial charge in [0.2, 0.25) is 11.8 Å². The number of fused-ring (bicyclic) bond motifs is 2. The third-order valence-electron chi connectivity index (χ3n) is 5.21. The van der Waals surface area contributed by atoms with Crippen LogP contribution in [0.3, 0.4) is 0 Å². The lowest BCUT2D eigenvalue weighted by atomic mass is 9.85. The molecular weight excluding hydrogens is 350 g/mol.